The van der Waals surface area contributed by atoms with Crippen molar-refractivity contribution in [3.63, 3.8) is 0 Å². The van der Waals surface area contributed by atoms with Gasteiger partial charge in [-0.1, -0.05) is 6.07 Å². The minimum absolute atomic E-state index is 0.148. The van der Waals surface area contributed by atoms with Gasteiger partial charge < -0.3 is 10.2 Å². The molecular weight excluding hydrogens is 612 g/mol. The molecule has 2 aliphatic heterocycles. The van der Waals surface area contributed by atoms with Crippen molar-refractivity contribution in [1.82, 2.24) is 24.2 Å². The molecule has 5 rings (SSSR count). The van der Waals surface area contributed by atoms with Gasteiger partial charge in [-0.2, -0.15) is 31.4 Å². The van der Waals surface area contributed by atoms with Gasteiger partial charge in [0.2, 0.25) is 0 Å². The van der Waals surface area contributed by atoms with Gasteiger partial charge in [-0.3, -0.25) is 24.0 Å². The third kappa shape index (κ3) is 8.50. The van der Waals surface area contributed by atoms with E-state index >= 15 is 0 Å². The maximum atomic E-state index is 12.7. The second-order valence-electron chi connectivity index (χ2n) is 9.67. The van der Waals surface area contributed by atoms with E-state index < -0.39 is 35.4 Å². The van der Waals surface area contributed by atoms with Gasteiger partial charge in [0.1, 0.15) is 5.82 Å². The van der Waals surface area contributed by atoms with E-state index in [1.165, 1.54) is 14.4 Å². The molecule has 1 unspecified atom stereocenters. The summed E-state index contributed by atoms with van der Waals surface area (Å²) in [6, 6.07) is 9.90. The molecule has 0 aliphatic carbocycles. The van der Waals surface area contributed by atoms with Crippen molar-refractivity contribution >= 4 is 23.3 Å². The number of aryl methyl sites for hydroxylation is 1. The van der Waals surface area contributed by atoms with Crippen LogP contribution in [0.15, 0.2) is 46.1 Å². The number of hydrogen-bond donors (Lipinski definition) is 2. The van der Waals surface area contributed by atoms with Crippen LogP contribution in [0.5, 0.6) is 0 Å². The lowest BCUT2D eigenvalue weighted by Crippen LogP contribution is -2.45. The number of carboxylic acid groups (broad SMARTS) is 2. The molecule has 1 saturated heterocycles. The number of aliphatic carboxylic acids is 2. The van der Waals surface area contributed by atoms with Crippen molar-refractivity contribution in [1.29, 1.82) is 0 Å². The Hall–Kier alpha value is -4.06. The standard InChI is InChI=1S/C21H23N5O2S.2C2HF3O2/c1-15-5-6-17(29-15)13-24-10-7-21(14-24)8-11-25-18(27)19(28)26(23-20(21)25)12-16-4-2-3-9-22-16;2*3-2(4,5)1(6)7/h2-6,9H,7-8,10-14H2,1H3;2*(H,6,7). The third-order valence-corrected chi connectivity index (χ3v) is 7.54. The lowest BCUT2D eigenvalue weighted by atomic mass is 9.85. The maximum Gasteiger partial charge on any atom is 0.490 e. The summed E-state index contributed by atoms with van der Waals surface area (Å²) >= 11 is 1.83. The molecule has 234 valence electrons. The minimum atomic E-state index is -5.08. The van der Waals surface area contributed by atoms with Crippen LogP contribution in [0.1, 0.15) is 34.1 Å². The smallest absolute Gasteiger partial charge is 0.475 e. The number of alkyl halides is 6. The van der Waals surface area contributed by atoms with Crippen LogP contribution in [0.3, 0.4) is 0 Å². The molecule has 0 bridgehead atoms. The Morgan fingerprint density at radius 2 is 1.53 bits per heavy atom. The minimum Gasteiger partial charge on any atom is -0.475 e. The summed E-state index contributed by atoms with van der Waals surface area (Å²) in [5.41, 5.74) is -0.458. The lowest BCUT2D eigenvalue weighted by Gasteiger charge is -2.23. The first kappa shape index (κ1) is 33.4. The molecule has 3 aromatic rings. The topological polar surface area (TPSA) is 148 Å². The number of halogens is 6. The predicted molar refractivity (Wildman–Crippen MR) is 139 cm³/mol. The molecule has 0 aromatic carbocycles. The van der Waals surface area contributed by atoms with E-state index in [0.717, 1.165) is 44.0 Å². The van der Waals surface area contributed by atoms with E-state index in [1.807, 2.05) is 29.5 Å². The van der Waals surface area contributed by atoms with E-state index in [2.05, 4.69) is 28.9 Å². The average molecular weight is 638 g/mol. The molecule has 3 aromatic heterocycles. The zero-order valence-electron chi connectivity index (χ0n) is 22.4. The van der Waals surface area contributed by atoms with E-state index in [-0.39, 0.29) is 12.0 Å². The second kappa shape index (κ2) is 13.1. The molecule has 0 amide bonds. The third-order valence-electron chi connectivity index (χ3n) is 6.55. The summed E-state index contributed by atoms with van der Waals surface area (Å²) in [5, 5.41) is 18.9. The Balaban J connectivity index is 0.000000303. The SMILES string of the molecule is Cc1ccc(CN2CCC3(CCn4c3nn(Cc3ccccn3)c(=O)c4=O)C2)s1.O=C(O)C(F)(F)F.O=C(O)C(F)(F)F. The quantitative estimate of drug-likeness (QED) is 0.326. The normalized spacial score (nSPS) is 17.9. The Kier molecular flexibility index (Phi) is 10.2. The summed E-state index contributed by atoms with van der Waals surface area (Å²) in [7, 11) is 0. The monoisotopic (exact) mass is 637 g/mol. The fourth-order valence-corrected chi connectivity index (χ4v) is 5.53. The van der Waals surface area contributed by atoms with Gasteiger partial charge >= 0.3 is 35.4 Å². The van der Waals surface area contributed by atoms with Crippen molar-refractivity contribution in [2.75, 3.05) is 13.1 Å². The van der Waals surface area contributed by atoms with Gasteiger partial charge in [0.25, 0.3) is 0 Å². The van der Waals surface area contributed by atoms with Gasteiger partial charge in [0.15, 0.2) is 0 Å². The van der Waals surface area contributed by atoms with E-state index in [0.29, 0.717) is 6.54 Å². The highest BCUT2D eigenvalue weighted by atomic mass is 32.1. The Morgan fingerprint density at radius 3 is 2.05 bits per heavy atom. The van der Waals surface area contributed by atoms with E-state index in [4.69, 9.17) is 24.9 Å². The van der Waals surface area contributed by atoms with Crippen LogP contribution in [0, 0.1) is 6.92 Å². The number of carboxylic acids is 2. The van der Waals surface area contributed by atoms with Crippen LogP contribution in [-0.4, -0.2) is 71.8 Å². The lowest BCUT2D eigenvalue weighted by molar-refractivity contribution is -0.193. The average Bonchev–Trinajstić information content (AvgIpc) is 3.62. The van der Waals surface area contributed by atoms with Crippen LogP contribution in [0.2, 0.25) is 0 Å². The van der Waals surface area contributed by atoms with E-state index in [1.54, 1.807) is 10.8 Å². The highest BCUT2D eigenvalue weighted by Crippen LogP contribution is 2.41. The van der Waals surface area contributed by atoms with Crippen molar-refractivity contribution in [3.8, 4) is 0 Å². The largest absolute Gasteiger partial charge is 0.490 e. The molecule has 1 spiro atoms. The van der Waals surface area contributed by atoms with E-state index in [9.17, 15) is 35.9 Å². The number of pyridine rings is 1. The van der Waals surface area contributed by atoms with Crippen LogP contribution in [0.25, 0.3) is 0 Å². The molecule has 0 saturated carbocycles. The second-order valence-corrected chi connectivity index (χ2v) is 11.0. The summed E-state index contributed by atoms with van der Waals surface area (Å²) < 4.78 is 66.4. The molecule has 5 heterocycles. The van der Waals surface area contributed by atoms with Crippen molar-refractivity contribution in [2.45, 2.75) is 57.2 Å². The van der Waals surface area contributed by atoms with Gasteiger partial charge in [0, 0.05) is 41.0 Å². The van der Waals surface area contributed by atoms with Crippen molar-refractivity contribution < 1.29 is 46.1 Å². The zero-order valence-corrected chi connectivity index (χ0v) is 23.2. The number of fused-ring (bicyclic) bond motifs is 2. The Bertz CT molecular complexity index is 1550. The fraction of sp³-hybridized carbons (Fsp3) is 0.440. The highest BCUT2D eigenvalue weighted by molar-refractivity contribution is 7.11. The number of rotatable bonds is 4. The number of aromatic nitrogens is 4. The number of nitrogens with zero attached hydrogens (tertiary/aromatic N) is 5. The number of likely N-dealkylation sites (tertiary alicyclic amines) is 1. The summed E-state index contributed by atoms with van der Waals surface area (Å²) in [5.74, 6) is -4.75. The summed E-state index contributed by atoms with van der Waals surface area (Å²) in [4.78, 5) is 52.5. The molecule has 1 fully saturated rings. The molecule has 0 radical (unpaired) electrons. The van der Waals surface area contributed by atoms with Crippen molar-refractivity contribution in [2.24, 2.45) is 0 Å². The van der Waals surface area contributed by atoms with Crippen LogP contribution < -0.4 is 11.1 Å². The van der Waals surface area contributed by atoms with Gasteiger partial charge in [-0.15, -0.1) is 11.3 Å². The van der Waals surface area contributed by atoms with Crippen LogP contribution >= 0.6 is 11.3 Å². The molecule has 43 heavy (non-hydrogen) atoms. The van der Waals surface area contributed by atoms with Crippen LogP contribution in [-0.2, 0) is 34.6 Å². The van der Waals surface area contributed by atoms with Gasteiger partial charge in [-0.05, 0) is 50.6 Å². The summed E-state index contributed by atoms with van der Waals surface area (Å²) in [6.45, 7) is 5.70. The van der Waals surface area contributed by atoms with Crippen LogP contribution in [0.4, 0.5) is 26.3 Å². The molecule has 1 atom stereocenters. The highest BCUT2D eigenvalue weighted by Gasteiger charge is 2.47. The Morgan fingerprint density at radius 1 is 0.930 bits per heavy atom. The molecule has 11 nitrogen and oxygen atoms in total. The van der Waals surface area contributed by atoms with Crippen molar-refractivity contribution in [3.05, 3.63) is 78.5 Å². The number of hydrogen-bond acceptors (Lipinski definition) is 8. The molecule has 18 heteroatoms. The fourth-order valence-electron chi connectivity index (χ4n) is 4.60. The summed E-state index contributed by atoms with van der Waals surface area (Å²) in [6.07, 6.45) is -6.66. The van der Waals surface area contributed by atoms with Gasteiger partial charge in [-0.25, -0.2) is 14.3 Å². The first-order valence-corrected chi connectivity index (χ1v) is 13.2. The molecular formula is C25H25F6N5O6S. The number of thiophene rings is 1. The maximum absolute atomic E-state index is 12.7. The first-order chi connectivity index (χ1) is 19.9. The first-order valence-electron chi connectivity index (χ1n) is 12.4. The predicted octanol–water partition coefficient (Wildman–Crippen LogP) is 3.03. The zero-order chi connectivity index (χ0) is 32.2. The van der Waals surface area contributed by atoms with Gasteiger partial charge in [0.05, 0.1) is 12.2 Å². The number of carbonyl (C=O) groups is 2. The molecule has 2 aliphatic rings. The Labute approximate surface area is 242 Å². The molecule has 2 N–H and O–H groups in total.